The second-order valence-corrected chi connectivity index (χ2v) is 12.6. The van der Waals surface area contributed by atoms with Crippen LogP contribution in [-0.2, 0) is 28.7 Å². The maximum Gasteiger partial charge on any atom is 0.416 e. The minimum Gasteiger partial charge on any atom is -0.426 e. The third kappa shape index (κ3) is 7.18. The van der Waals surface area contributed by atoms with Crippen molar-refractivity contribution in [1.82, 2.24) is 9.80 Å². The Balaban J connectivity index is 1.21. The van der Waals surface area contributed by atoms with Gasteiger partial charge in [0.25, 0.3) is 6.47 Å². The van der Waals surface area contributed by atoms with Gasteiger partial charge in [-0.1, -0.05) is 24.6 Å². The van der Waals surface area contributed by atoms with E-state index in [2.05, 4.69) is 11.8 Å². The molecule has 2 fully saturated rings. The molecule has 234 valence electrons. The van der Waals surface area contributed by atoms with E-state index in [1.54, 1.807) is 17.0 Å². The Bertz CT molecular complexity index is 1340. The number of alkyl halides is 3. The molecule has 0 radical (unpaired) electrons. The van der Waals surface area contributed by atoms with E-state index in [-0.39, 0.29) is 66.0 Å². The molecule has 0 spiro atoms. The number of hydrogen-bond acceptors (Lipinski definition) is 5. The predicted octanol–water partition coefficient (Wildman–Crippen LogP) is 6.21. The van der Waals surface area contributed by atoms with Crippen molar-refractivity contribution in [2.75, 3.05) is 26.2 Å². The highest BCUT2D eigenvalue weighted by Gasteiger charge is 2.40. The fourth-order valence-corrected chi connectivity index (χ4v) is 7.28. The van der Waals surface area contributed by atoms with Gasteiger partial charge in [0.1, 0.15) is 0 Å². The summed E-state index contributed by atoms with van der Waals surface area (Å²) in [5.74, 6) is -0.363. The maximum atomic E-state index is 14.0. The first-order chi connectivity index (χ1) is 20.5. The number of aliphatic hydroxyl groups excluding tert-OH is 1. The Morgan fingerprint density at radius 1 is 1.16 bits per heavy atom. The molecule has 1 N–H and O–H groups in total. The molecule has 4 atom stereocenters. The molecule has 1 amide bonds. The SMILES string of the molecule is C[C@H]1CN([C@@H](CO)CCC(C(=O)N2CCc3c(Cl)cc(C(F)(F)F)cc3C2)C2CC2)CC[C@@H]1c1ccc(F)c(OC=O)c1. The number of aliphatic hydroxyl groups is 1. The third-order valence-electron chi connectivity index (χ3n) is 9.46. The number of fused-ring (bicyclic) bond motifs is 1. The third-order valence-corrected chi connectivity index (χ3v) is 9.80. The molecule has 1 aliphatic carbocycles. The lowest BCUT2D eigenvalue weighted by Crippen LogP contribution is -2.47. The van der Waals surface area contributed by atoms with E-state index >= 15 is 0 Å². The van der Waals surface area contributed by atoms with Crippen LogP contribution in [0.5, 0.6) is 5.75 Å². The summed E-state index contributed by atoms with van der Waals surface area (Å²) in [6.07, 6.45) is -0.194. The minimum atomic E-state index is -4.51. The number of amides is 1. The summed E-state index contributed by atoms with van der Waals surface area (Å²) in [6, 6.07) is 6.55. The minimum absolute atomic E-state index is 0.0323. The van der Waals surface area contributed by atoms with E-state index in [0.717, 1.165) is 37.0 Å². The van der Waals surface area contributed by atoms with Gasteiger partial charge in [0.05, 0.1) is 12.2 Å². The molecule has 3 aliphatic rings. The van der Waals surface area contributed by atoms with Gasteiger partial charge in [-0.2, -0.15) is 13.2 Å². The largest absolute Gasteiger partial charge is 0.426 e. The number of ether oxygens (including phenoxy) is 1. The van der Waals surface area contributed by atoms with Crippen LogP contribution in [0.1, 0.15) is 67.2 Å². The summed E-state index contributed by atoms with van der Waals surface area (Å²) >= 11 is 6.19. The molecule has 2 aromatic rings. The average molecular weight is 625 g/mol. The van der Waals surface area contributed by atoms with Gasteiger partial charge in [-0.15, -0.1) is 0 Å². The molecule has 6 nitrogen and oxygen atoms in total. The van der Waals surface area contributed by atoms with E-state index in [4.69, 9.17) is 16.3 Å². The number of nitrogens with zero attached hydrogens (tertiary/aromatic N) is 2. The Labute approximate surface area is 253 Å². The molecule has 1 unspecified atom stereocenters. The molecule has 1 saturated carbocycles. The molecule has 0 bridgehead atoms. The van der Waals surface area contributed by atoms with Gasteiger partial charge in [0.15, 0.2) is 11.6 Å². The van der Waals surface area contributed by atoms with Crippen molar-refractivity contribution in [3.63, 3.8) is 0 Å². The van der Waals surface area contributed by atoms with Gasteiger partial charge in [-0.05, 0) is 104 Å². The smallest absolute Gasteiger partial charge is 0.416 e. The van der Waals surface area contributed by atoms with Crippen LogP contribution in [0.15, 0.2) is 30.3 Å². The molecular weight excluding hydrogens is 588 g/mol. The van der Waals surface area contributed by atoms with Gasteiger partial charge in [0.2, 0.25) is 5.91 Å². The predicted molar refractivity (Wildman–Crippen MR) is 153 cm³/mol. The molecule has 0 aromatic heterocycles. The summed E-state index contributed by atoms with van der Waals surface area (Å²) in [5.41, 5.74) is 1.22. The summed E-state index contributed by atoms with van der Waals surface area (Å²) in [4.78, 5) is 28.4. The van der Waals surface area contributed by atoms with Gasteiger partial charge in [-0.3, -0.25) is 14.5 Å². The Kier molecular flexibility index (Phi) is 9.68. The number of halogens is 5. The highest BCUT2D eigenvalue weighted by Crippen LogP contribution is 2.43. The highest BCUT2D eigenvalue weighted by molar-refractivity contribution is 6.31. The number of benzene rings is 2. The molecule has 43 heavy (non-hydrogen) atoms. The fraction of sp³-hybridized carbons (Fsp3) is 0.562. The molecule has 11 heteroatoms. The maximum absolute atomic E-state index is 14.0. The molecule has 2 heterocycles. The van der Waals surface area contributed by atoms with E-state index in [0.29, 0.717) is 50.0 Å². The molecule has 2 aromatic carbocycles. The summed E-state index contributed by atoms with van der Waals surface area (Å²) in [6.45, 7) is 4.22. The van der Waals surface area contributed by atoms with Crippen molar-refractivity contribution in [1.29, 1.82) is 0 Å². The number of carbonyl (C=O) groups is 2. The summed E-state index contributed by atoms with van der Waals surface area (Å²) in [5, 5.41) is 10.4. The monoisotopic (exact) mass is 624 g/mol. The molecule has 1 saturated heterocycles. The quantitative estimate of drug-likeness (QED) is 0.251. The first kappa shape index (κ1) is 31.7. The highest BCUT2D eigenvalue weighted by atomic mass is 35.5. The standard InChI is InChI=1S/C32H37ClF4N2O4/c1-19-15-38(10-8-25(19)21-4-7-29(34)30(13-21)43-18-41)24(17-40)5-6-27(20-2-3-20)31(42)39-11-9-26-22(16-39)12-23(14-28(26)33)32(35,36)37/h4,7,12-14,18-20,24-25,27,40H,2-3,5-6,8-11,15-17H2,1H3/t19-,24+,25-,27?/m0/s1. The molecular formula is C32H37ClF4N2O4. The zero-order valence-corrected chi connectivity index (χ0v) is 24.8. The van der Waals surface area contributed by atoms with Gasteiger partial charge < -0.3 is 14.7 Å². The lowest BCUT2D eigenvalue weighted by Gasteiger charge is -2.41. The number of carbonyl (C=O) groups excluding carboxylic acids is 2. The second-order valence-electron chi connectivity index (χ2n) is 12.2. The number of hydrogen-bond donors (Lipinski definition) is 1. The first-order valence-corrected chi connectivity index (χ1v) is 15.3. The number of likely N-dealkylation sites (tertiary alicyclic amines) is 1. The van der Waals surface area contributed by atoms with Crippen molar-refractivity contribution in [3.8, 4) is 5.75 Å². The van der Waals surface area contributed by atoms with Crippen LogP contribution < -0.4 is 4.74 Å². The van der Waals surface area contributed by atoms with Crippen LogP contribution in [0.2, 0.25) is 5.02 Å². The van der Waals surface area contributed by atoms with Crippen LogP contribution in [0.25, 0.3) is 0 Å². The number of piperidine rings is 1. The van der Waals surface area contributed by atoms with Crippen molar-refractivity contribution in [2.24, 2.45) is 17.8 Å². The lowest BCUT2D eigenvalue weighted by molar-refractivity contribution is -0.137. The van der Waals surface area contributed by atoms with Crippen LogP contribution in [0.4, 0.5) is 17.6 Å². The van der Waals surface area contributed by atoms with E-state index < -0.39 is 17.6 Å². The summed E-state index contributed by atoms with van der Waals surface area (Å²) < 4.78 is 58.9. The fourth-order valence-electron chi connectivity index (χ4n) is 6.95. The average Bonchev–Trinajstić information content (AvgIpc) is 3.81. The number of rotatable bonds is 10. The zero-order chi connectivity index (χ0) is 30.9. The van der Waals surface area contributed by atoms with E-state index in [1.165, 1.54) is 6.07 Å². The van der Waals surface area contributed by atoms with Crippen molar-refractivity contribution in [2.45, 2.75) is 70.1 Å². The van der Waals surface area contributed by atoms with Crippen molar-refractivity contribution in [3.05, 3.63) is 63.4 Å². The van der Waals surface area contributed by atoms with Crippen LogP contribution in [0.3, 0.4) is 0 Å². The Hall–Kier alpha value is -2.69. The van der Waals surface area contributed by atoms with Gasteiger partial charge in [-0.25, -0.2) is 4.39 Å². The lowest BCUT2D eigenvalue weighted by atomic mass is 9.80. The Morgan fingerprint density at radius 3 is 2.58 bits per heavy atom. The normalized spacial score (nSPS) is 22.5. The van der Waals surface area contributed by atoms with Gasteiger partial charge in [0, 0.05) is 36.6 Å². The van der Waals surface area contributed by atoms with Crippen LogP contribution >= 0.6 is 11.6 Å². The van der Waals surface area contributed by atoms with Crippen LogP contribution in [0, 0.1) is 23.6 Å². The molecule has 2 aliphatic heterocycles. The van der Waals surface area contributed by atoms with Gasteiger partial charge >= 0.3 is 6.18 Å². The van der Waals surface area contributed by atoms with E-state index in [9.17, 15) is 32.3 Å². The Morgan fingerprint density at radius 2 is 1.93 bits per heavy atom. The van der Waals surface area contributed by atoms with Crippen LogP contribution in [-0.4, -0.2) is 59.6 Å². The zero-order valence-electron chi connectivity index (χ0n) is 24.1. The first-order valence-electron chi connectivity index (χ1n) is 14.9. The van der Waals surface area contributed by atoms with E-state index in [1.807, 2.05) is 0 Å². The second kappa shape index (κ2) is 13.1. The molecule has 5 rings (SSSR count). The topological polar surface area (TPSA) is 70.1 Å². The van der Waals surface area contributed by atoms with Crippen molar-refractivity contribution >= 4 is 24.0 Å². The van der Waals surface area contributed by atoms with Crippen molar-refractivity contribution < 1.29 is 37.0 Å². The summed E-state index contributed by atoms with van der Waals surface area (Å²) in [7, 11) is 0.